The van der Waals surface area contributed by atoms with E-state index in [0.29, 0.717) is 29.8 Å². The summed E-state index contributed by atoms with van der Waals surface area (Å²) in [5.41, 5.74) is 2.55. The Morgan fingerprint density at radius 1 is 1.08 bits per heavy atom. The van der Waals surface area contributed by atoms with Gasteiger partial charge in [0.1, 0.15) is 18.1 Å². The fourth-order valence-corrected chi connectivity index (χ4v) is 5.21. The van der Waals surface area contributed by atoms with Crippen molar-refractivity contribution in [1.29, 1.82) is 0 Å². The third-order valence-electron chi connectivity index (χ3n) is 7.49. The number of hydrogen-bond donors (Lipinski definition) is 1. The summed E-state index contributed by atoms with van der Waals surface area (Å²) >= 11 is 0. The van der Waals surface area contributed by atoms with Crippen LogP contribution in [0, 0.1) is 11.8 Å². The number of halogens is 3. The number of piperidine rings is 1. The molecule has 1 saturated carbocycles. The minimum absolute atomic E-state index is 0. The quantitative estimate of drug-likeness (QED) is 0.306. The summed E-state index contributed by atoms with van der Waals surface area (Å²) in [6, 6.07) is 13.2. The van der Waals surface area contributed by atoms with Gasteiger partial charge in [0.2, 0.25) is 0 Å². The predicted octanol–water partition coefficient (Wildman–Crippen LogP) is 6.71. The van der Waals surface area contributed by atoms with E-state index in [-0.39, 0.29) is 25.8 Å². The lowest BCUT2D eigenvalue weighted by molar-refractivity contribution is -0.184. The molecular weight excluding hydrogens is 531 g/mol. The number of benzene rings is 2. The summed E-state index contributed by atoms with van der Waals surface area (Å²) in [4.78, 5) is 13.5. The van der Waals surface area contributed by atoms with Crippen molar-refractivity contribution in [3.05, 3.63) is 53.6 Å². The molecule has 1 aliphatic heterocycles. The zero-order valence-corrected chi connectivity index (χ0v) is 23.4. The third-order valence-corrected chi connectivity index (χ3v) is 7.49. The molecule has 1 aliphatic carbocycles. The molecule has 0 spiro atoms. The summed E-state index contributed by atoms with van der Waals surface area (Å²) < 4.78 is 54.7. The Labute approximate surface area is 234 Å². The molecule has 2 fully saturated rings. The van der Waals surface area contributed by atoms with Crippen molar-refractivity contribution < 1.29 is 37.3 Å². The fraction of sp³-hybridized carbons (Fsp3) is 0.552. The Hall–Kier alpha value is -2.59. The number of anilines is 1. The van der Waals surface area contributed by atoms with Crippen molar-refractivity contribution in [3.63, 3.8) is 0 Å². The molecule has 2 aliphatic rings. The zero-order valence-electron chi connectivity index (χ0n) is 22.4. The topological polar surface area (TPSA) is 68.2 Å². The van der Waals surface area contributed by atoms with Crippen LogP contribution in [0.25, 0.3) is 0 Å². The van der Waals surface area contributed by atoms with Gasteiger partial charge in [-0.15, -0.1) is 0 Å². The molecule has 2 aromatic rings. The van der Waals surface area contributed by atoms with Gasteiger partial charge in [0.05, 0.1) is 26.2 Å². The molecule has 0 bridgehead atoms. The summed E-state index contributed by atoms with van der Waals surface area (Å²) in [7, 11) is 1.56. The smallest absolute Gasteiger partial charge is 0.411 e. The van der Waals surface area contributed by atoms with Crippen molar-refractivity contribution in [3.8, 4) is 11.5 Å². The van der Waals surface area contributed by atoms with Gasteiger partial charge in [0.25, 0.3) is 0 Å². The molecule has 2 atom stereocenters. The minimum Gasteiger partial charge on any atom is -0.497 e. The van der Waals surface area contributed by atoms with Crippen LogP contribution in [-0.2, 0) is 9.53 Å². The summed E-state index contributed by atoms with van der Waals surface area (Å²) in [5.74, 6) is 1.42. The van der Waals surface area contributed by atoms with Crippen LogP contribution in [0.3, 0.4) is 0 Å². The van der Waals surface area contributed by atoms with E-state index in [1.54, 1.807) is 26.2 Å². The normalized spacial score (nSPS) is 17.7. The zero-order chi connectivity index (χ0) is 27.3. The maximum absolute atomic E-state index is 12.7. The first-order valence-electron chi connectivity index (χ1n) is 13.2. The molecule has 1 heterocycles. The van der Waals surface area contributed by atoms with Gasteiger partial charge in [-0.2, -0.15) is 26.7 Å². The van der Waals surface area contributed by atoms with Crippen molar-refractivity contribution in [2.45, 2.75) is 57.2 Å². The number of carboxylic acids is 1. The van der Waals surface area contributed by atoms with Gasteiger partial charge in [-0.05, 0) is 74.1 Å². The monoisotopic (exact) mass is 569 g/mol. The van der Waals surface area contributed by atoms with Crippen LogP contribution in [-0.4, -0.2) is 50.7 Å². The van der Waals surface area contributed by atoms with Gasteiger partial charge in [0.15, 0.2) is 0 Å². The van der Waals surface area contributed by atoms with Crippen molar-refractivity contribution in [2.75, 3.05) is 38.3 Å². The Bertz CT molecular complexity index is 1090. The highest BCUT2D eigenvalue weighted by Crippen LogP contribution is 2.45. The van der Waals surface area contributed by atoms with Gasteiger partial charge >= 0.3 is 12.1 Å². The van der Waals surface area contributed by atoms with E-state index < -0.39 is 24.9 Å². The van der Waals surface area contributed by atoms with Gasteiger partial charge in [0, 0.05) is 30.4 Å². The molecule has 0 amide bonds. The van der Waals surface area contributed by atoms with Crippen LogP contribution in [0.5, 0.6) is 11.5 Å². The first-order chi connectivity index (χ1) is 18.1. The molecule has 1 saturated heterocycles. The lowest BCUT2D eigenvalue weighted by atomic mass is 9.91. The van der Waals surface area contributed by atoms with Crippen LogP contribution >= 0.6 is 13.5 Å². The number of methoxy groups -OCH3 is 1. The van der Waals surface area contributed by atoms with Gasteiger partial charge < -0.3 is 24.2 Å². The standard InChI is InChI=1S/C29H36F3NO5.H2S/c1-19(38-18-29(30,31)32)25-9-8-23(36-2)15-27(25)33-12-10-20(11-13-33)17-37-24-5-3-4-22(14-24)26(16-28(34)35)21-6-7-21;/h3-5,8-9,14-15,19-21,26H,6-7,10-13,16-18H2,1-2H3,(H,34,35);1H2/t19?,26-;/m0./s1. The van der Waals surface area contributed by atoms with E-state index in [9.17, 15) is 23.1 Å². The summed E-state index contributed by atoms with van der Waals surface area (Å²) in [5, 5.41) is 9.31. The van der Waals surface area contributed by atoms with Crippen LogP contribution < -0.4 is 14.4 Å². The molecule has 0 aromatic heterocycles. The van der Waals surface area contributed by atoms with E-state index in [2.05, 4.69) is 4.90 Å². The number of carbonyl (C=O) groups is 1. The molecular formula is C29H38F3NO5S. The maximum atomic E-state index is 12.7. The molecule has 1 N–H and O–H groups in total. The second kappa shape index (κ2) is 13.7. The number of aliphatic carboxylic acids is 1. The second-order valence-electron chi connectivity index (χ2n) is 10.3. The summed E-state index contributed by atoms with van der Waals surface area (Å²) in [6.07, 6.45) is -1.07. The molecule has 2 aromatic carbocycles. The van der Waals surface area contributed by atoms with Gasteiger partial charge in [-0.3, -0.25) is 4.79 Å². The molecule has 10 heteroatoms. The largest absolute Gasteiger partial charge is 0.497 e. The number of rotatable bonds is 12. The van der Waals surface area contributed by atoms with E-state index >= 15 is 0 Å². The average molecular weight is 570 g/mol. The average Bonchev–Trinajstić information content (AvgIpc) is 3.74. The Balaban J connectivity index is 0.00000420. The lowest BCUT2D eigenvalue weighted by Gasteiger charge is -2.35. The van der Waals surface area contributed by atoms with E-state index in [4.69, 9.17) is 14.2 Å². The van der Waals surface area contributed by atoms with Crippen LogP contribution in [0.4, 0.5) is 18.9 Å². The third kappa shape index (κ3) is 8.96. The second-order valence-corrected chi connectivity index (χ2v) is 10.3. The van der Waals surface area contributed by atoms with Crippen LogP contribution in [0.15, 0.2) is 42.5 Å². The van der Waals surface area contributed by atoms with E-state index in [1.165, 1.54) is 0 Å². The Morgan fingerprint density at radius 3 is 2.41 bits per heavy atom. The molecule has 216 valence electrons. The molecule has 39 heavy (non-hydrogen) atoms. The van der Waals surface area contributed by atoms with Crippen molar-refractivity contribution in [1.82, 2.24) is 0 Å². The summed E-state index contributed by atoms with van der Waals surface area (Å²) in [6.45, 7) is 2.37. The minimum atomic E-state index is -4.38. The molecule has 0 radical (unpaired) electrons. The number of carboxylic acid groups (broad SMARTS) is 1. The maximum Gasteiger partial charge on any atom is 0.411 e. The number of hydrogen-bond acceptors (Lipinski definition) is 5. The highest BCUT2D eigenvalue weighted by Gasteiger charge is 2.34. The Morgan fingerprint density at radius 2 is 1.79 bits per heavy atom. The van der Waals surface area contributed by atoms with Crippen LogP contribution in [0.1, 0.15) is 62.2 Å². The van der Waals surface area contributed by atoms with Gasteiger partial charge in [-0.1, -0.05) is 18.2 Å². The first-order valence-corrected chi connectivity index (χ1v) is 13.2. The highest BCUT2D eigenvalue weighted by atomic mass is 32.1. The fourth-order valence-electron chi connectivity index (χ4n) is 5.21. The van der Waals surface area contributed by atoms with Crippen molar-refractivity contribution in [2.24, 2.45) is 11.8 Å². The van der Waals surface area contributed by atoms with E-state index in [0.717, 1.165) is 55.8 Å². The highest BCUT2D eigenvalue weighted by molar-refractivity contribution is 7.59. The lowest BCUT2D eigenvalue weighted by Crippen LogP contribution is -2.36. The SMILES string of the molecule is COc1ccc(C(C)OCC(F)(F)F)c(N2CCC(COc3cccc([C@@H](CC(=O)O)C4CC4)c3)CC2)c1.S. The van der Waals surface area contributed by atoms with Gasteiger partial charge in [-0.25, -0.2) is 0 Å². The molecule has 1 unspecified atom stereocenters. The number of alkyl halides is 3. The number of ether oxygens (including phenoxy) is 3. The van der Waals surface area contributed by atoms with E-state index in [1.807, 2.05) is 30.3 Å². The molecule has 6 nitrogen and oxygen atoms in total. The van der Waals surface area contributed by atoms with Crippen molar-refractivity contribution >= 4 is 25.2 Å². The Kier molecular flexibility index (Phi) is 10.8. The number of nitrogens with zero attached hydrogens (tertiary/aromatic N) is 1. The first kappa shape index (κ1) is 30.9. The van der Waals surface area contributed by atoms with Crippen LogP contribution in [0.2, 0.25) is 0 Å². The molecule has 4 rings (SSSR count). The predicted molar refractivity (Wildman–Crippen MR) is 148 cm³/mol.